The SMILES string of the molecule is CCCNC(=O)[C@@H](C)N(Cc1ccc(C)cc1)C(=O)COc1ccccc1Cl. The number of para-hydroxylation sites is 1. The van der Waals surface area contributed by atoms with E-state index < -0.39 is 6.04 Å². The quantitative estimate of drug-likeness (QED) is 0.690. The second kappa shape index (κ2) is 10.7. The minimum Gasteiger partial charge on any atom is -0.482 e. The molecule has 0 unspecified atom stereocenters. The Morgan fingerprint density at radius 3 is 2.46 bits per heavy atom. The van der Waals surface area contributed by atoms with E-state index in [1.165, 1.54) is 4.90 Å². The first kappa shape index (κ1) is 21.8. The molecule has 0 saturated carbocycles. The Balaban J connectivity index is 2.13. The standard InChI is InChI=1S/C22H27ClN2O3/c1-4-13-24-22(27)17(3)25(14-18-11-9-16(2)10-12-18)21(26)15-28-20-8-6-5-7-19(20)23/h5-12,17H,4,13-15H2,1-3H3,(H,24,27)/t17-/m1/s1. The predicted molar refractivity (Wildman–Crippen MR) is 111 cm³/mol. The number of aryl methyl sites for hydroxylation is 1. The number of rotatable bonds is 9. The number of carbonyl (C=O) groups excluding carboxylic acids is 2. The fourth-order valence-corrected chi connectivity index (χ4v) is 2.84. The Morgan fingerprint density at radius 2 is 1.82 bits per heavy atom. The third-order valence-corrected chi connectivity index (χ3v) is 4.69. The molecule has 0 aromatic heterocycles. The lowest BCUT2D eigenvalue weighted by Crippen LogP contribution is -2.49. The Labute approximate surface area is 171 Å². The number of carbonyl (C=O) groups is 2. The van der Waals surface area contributed by atoms with Crippen LogP contribution in [0.15, 0.2) is 48.5 Å². The van der Waals surface area contributed by atoms with Crippen LogP contribution in [0.25, 0.3) is 0 Å². The van der Waals surface area contributed by atoms with E-state index in [9.17, 15) is 9.59 Å². The molecule has 150 valence electrons. The van der Waals surface area contributed by atoms with Crippen LogP contribution < -0.4 is 10.1 Å². The van der Waals surface area contributed by atoms with Crippen molar-refractivity contribution in [3.8, 4) is 5.75 Å². The average molecular weight is 403 g/mol. The minimum absolute atomic E-state index is 0.181. The molecule has 2 rings (SSSR count). The molecule has 5 nitrogen and oxygen atoms in total. The number of nitrogens with one attached hydrogen (secondary N) is 1. The molecular formula is C22H27ClN2O3. The highest BCUT2D eigenvalue weighted by atomic mass is 35.5. The lowest BCUT2D eigenvalue weighted by atomic mass is 10.1. The summed E-state index contributed by atoms with van der Waals surface area (Å²) in [5, 5.41) is 3.29. The summed E-state index contributed by atoms with van der Waals surface area (Å²) in [4.78, 5) is 26.9. The highest BCUT2D eigenvalue weighted by Crippen LogP contribution is 2.23. The largest absolute Gasteiger partial charge is 0.482 e. The van der Waals surface area contributed by atoms with Crippen molar-refractivity contribution in [2.45, 2.75) is 39.8 Å². The monoisotopic (exact) mass is 402 g/mol. The first-order valence-corrected chi connectivity index (χ1v) is 9.80. The molecule has 0 bridgehead atoms. The molecule has 2 aromatic carbocycles. The van der Waals surface area contributed by atoms with Crippen LogP contribution in [0, 0.1) is 6.92 Å². The Morgan fingerprint density at radius 1 is 1.14 bits per heavy atom. The van der Waals surface area contributed by atoms with Crippen molar-refractivity contribution in [2.75, 3.05) is 13.2 Å². The van der Waals surface area contributed by atoms with Crippen LogP contribution in [0.1, 0.15) is 31.4 Å². The highest BCUT2D eigenvalue weighted by Gasteiger charge is 2.26. The number of ether oxygens (including phenoxy) is 1. The van der Waals surface area contributed by atoms with Gasteiger partial charge >= 0.3 is 0 Å². The van der Waals surface area contributed by atoms with E-state index in [2.05, 4.69) is 5.32 Å². The van der Waals surface area contributed by atoms with Crippen molar-refractivity contribution >= 4 is 23.4 Å². The molecule has 1 N–H and O–H groups in total. The summed E-state index contributed by atoms with van der Waals surface area (Å²) in [6.45, 7) is 6.42. The van der Waals surface area contributed by atoms with E-state index in [0.717, 1.165) is 17.5 Å². The highest BCUT2D eigenvalue weighted by molar-refractivity contribution is 6.32. The van der Waals surface area contributed by atoms with Gasteiger partial charge in [-0.3, -0.25) is 9.59 Å². The number of halogens is 1. The van der Waals surface area contributed by atoms with Crippen molar-refractivity contribution < 1.29 is 14.3 Å². The van der Waals surface area contributed by atoms with Crippen molar-refractivity contribution in [3.05, 3.63) is 64.7 Å². The smallest absolute Gasteiger partial charge is 0.261 e. The van der Waals surface area contributed by atoms with Gasteiger partial charge in [0, 0.05) is 13.1 Å². The maximum absolute atomic E-state index is 12.9. The third kappa shape index (κ3) is 6.27. The second-order valence-electron chi connectivity index (χ2n) is 6.69. The predicted octanol–water partition coefficient (Wildman–Crippen LogP) is 3.97. The molecule has 0 heterocycles. The van der Waals surface area contributed by atoms with Crippen LogP contribution in [0.2, 0.25) is 5.02 Å². The molecule has 0 aliphatic heterocycles. The van der Waals surface area contributed by atoms with Crippen LogP contribution in [0.4, 0.5) is 0 Å². The molecule has 1 atom stereocenters. The molecule has 0 fully saturated rings. The summed E-state index contributed by atoms with van der Waals surface area (Å²) >= 11 is 6.09. The van der Waals surface area contributed by atoms with Gasteiger partial charge in [0.05, 0.1) is 5.02 Å². The molecule has 2 amide bonds. The van der Waals surface area contributed by atoms with Crippen LogP contribution in [0.5, 0.6) is 5.75 Å². The van der Waals surface area contributed by atoms with Gasteiger partial charge in [0.1, 0.15) is 11.8 Å². The van der Waals surface area contributed by atoms with Gasteiger partial charge in [-0.05, 0) is 38.0 Å². The van der Waals surface area contributed by atoms with Crippen LogP contribution >= 0.6 is 11.6 Å². The molecular weight excluding hydrogens is 376 g/mol. The number of hydrogen-bond acceptors (Lipinski definition) is 3. The number of hydrogen-bond donors (Lipinski definition) is 1. The van der Waals surface area contributed by atoms with Gasteiger partial charge < -0.3 is 15.0 Å². The summed E-state index contributed by atoms with van der Waals surface area (Å²) < 4.78 is 5.59. The van der Waals surface area contributed by atoms with Gasteiger partial charge in [0.25, 0.3) is 5.91 Å². The molecule has 0 spiro atoms. The fourth-order valence-electron chi connectivity index (χ4n) is 2.65. The maximum Gasteiger partial charge on any atom is 0.261 e. The number of benzene rings is 2. The minimum atomic E-state index is -0.616. The van der Waals surface area contributed by atoms with Crippen molar-refractivity contribution in [1.82, 2.24) is 10.2 Å². The average Bonchev–Trinajstić information content (AvgIpc) is 2.70. The van der Waals surface area contributed by atoms with Gasteiger partial charge in [-0.25, -0.2) is 0 Å². The Kier molecular flexibility index (Phi) is 8.33. The number of amides is 2. The van der Waals surface area contributed by atoms with E-state index in [1.54, 1.807) is 31.2 Å². The van der Waals surface area contributed by atoms with Crippen LogP contribution in [0.3, 0.4) is 0 Å². The van der Waals surface area contributed by atoms with E-state index >= 15 is 0 Å². The van der Waals surface area contributed by atoms with Gasteiger partial charge in [-0.1, -0.05) is 60.5 Å². The van der Waals surface area contributed by atoms with Gasteiger partial charge in [-0.2, -0.15) is 0 Å². The summed E-state index contributed by atoms with van der Waals surface area (Å²) in [5.41, 5.74) is 2.09. The molecule has 0 aliphatic carbocycles. The van der Waals surface area contributed by atoms with Gasteiger partial charge in [0.15, 0.2) is 6.61 Å². The second-order valence-corrected chi connectivity index (χ2v) is 7.10. The first-order chi connectivity index (χ1) is 13.4. The Hall–Kier alpha value is -2.53. The lowest BCUT2D eigenvalue weighted by molar-refractivity contribution is -0.142. The van der Waals surface area contributed by atoms with Crippen LogP contribution in [-0.2, 0) is 16.1 Å². The normalized spacial score (nSPS) is 11.6. The molecule has 0 saturated heterocycles. The molecule has 28 heavy (non-hydrogen) atoms. The number of nitrogens with zero attached hydrogens (tertiary/aromatic N) is 1. The Bertz CT molecular complexity index is 793. The summed E-state index contributed by atoms with van der Waals surface area (Å²) in [6, 6.07) is 14.3. The molecule has 0 radical (unpaired) electrons. The van der Waals surface area contributed by atoms with E-state index in [-0.39, 0.29) is 18.4 Å². The van der Waals surface area contributed by atoms with E-state index in [0.29, 0.717) is 23.9 Å². The summed E-state index contributed by atoms with van der Waals surface area (Å²) in [6.07, 6.45) is 0.833. The zero-order chi connectivity index (χ0) is 20.5. The van der Waals surface area contributed by atoms with E-state index in [1.807, 2.05) is 38.1 Å². The summed E-state index contributed by atoms with van der Waals surface area (Å²) in [7, 11) is 0. The molecule has 0 aliphatic rings. The summed E-state index contributed by atoms with van der Waals surface area (Å²) in [5.74, 6) is -0.0180. The van der Waals surface area contributed by atoms with Crippen molar-refractivity contribution in [3.63, 3.8) is 0 Å². The lowest BCUT2D eigenvalue weighted by Gasteiger charge is -2.28. The van der Waals surface area contributed by atoms with Crippen molar-refractivity contribution in [1.29, 1.82) is 0 Å². The zero-order valence-electron chi connectivity index (χ0n) is 16.6. The first-order valence-electron chi connectivity index (χ1n) is 9.42. The zero-order valence-corrected chi connectivity index (χ0v) is 17.3. The topological polar surface area (TPSA) is 58.6 Å². The maximum atomic E-state index is 12.9. The van der Waals surface area contributed by atoms with Crippen molar-refractivity contribution in [2.24, 2.45) is 0 Å². The fraction of sp³-hybridized carbons (Fsp3) is 0.364. The van der Waals surface area contributed by atoms with Gasteiger partial charge in [0.2, 0.25) is 5.91 Å². The van der Waals surface area contributed by atoms with Crippen LogP contribution in [-0.4, -0.2) is 35.9 Å². The van der Waals surface area contributed by atoms with E-state index in [4.69, 9.17) is 16.3 Å². The molecule has 6 heteroatoms. The molecule has 2 aromatic rings. The third-order valence-electron chi connectivity index (χ3n) is 4.38. The van der Waals surface area contributed by atoms with Gasteiger partial charge in [-0.15, -0.1) is 0 Å².